The number of rotatable bonds is 65. The summed E-state index contributed by atoms with van der Waals surface area (Å²) in [7, 11) is 0. The van der Waals surface area contributed by atoms with Crippen molar-refractivity contribution in [3.05, 3.63) is 97.2 Å². The summed E-state index contributed by atoms with van der Waals surface area (Å²) in [4.78, 5) is 38.4. The zero-order valence-corrected chi connectivity index (χ0v) is 54.9. The first-order valence-electron chi connectivity index (χ1n) is 35.7. The van der Waals surface area contributed by atoms with Crippen molar-refractivity contribution in [1.82, 2.24) is 0 Å². The predicted octanol–water partition coefficient (Wildman–Crippen LogP) is 24.8. The van der Waals surface area contributed by atoms with Crippen molar-refractivity contribution in [2.24, 2.45) is 0 Å². The van der Waals surface area contributed by atoms with Crippen LogP contribution in [-0.2, 0) is 28.6 Å². The van der Waals surface area contributed by atoms with Crippen LogP contribution >= 0.6 is 0 Å². The van der Waals surface area contributed by atoms with Gasteiger partial charge in [-0.15, -0.1) is 0 Å². The Labute approximate surface area is 515 Å². The van der Waals surface area contributed by atoms with Gasteiger partial charge in [-0.1, -0.05) is 330 Å². The van der Waals surface area contributed by atoms with Crippen LogP contribution in [0.15, 0.2) is 97.2 Å². The molecule has 1 atom stereocenters. The molecular weight excluding hydrogens is 1020 g/mol. The summed E-state index contributed by atoms with van der Waals surface area (Å²) in [5, 5.41) is 0. The highest BCUT2D eigenvalue weighted by Gasteiger charge is 2.19. The number of hydrogen-bond acceptors (Lipinski definition) is 6. The van der Waals surface area contributed by atoms with Crippen LogP contribution in [0.3, 0.4) is 0 Å². The van der Waals surface area contributed by atoms with Gasteiger partial charge < -0.3 is 14.2 Å². The Morgan fingerprint density at radius 3 is 0.735 bits per heavy atom. The molecule has 0 aromatic rings. The van der Waals surface area contributed by atoms with Crippen LogP contribution < -0.4 is 0 Å². The second-order valence-corrected chi connectivity index (χ2v) is 23.8. The van der Waals surface area contributed by atoms with E-state index in [1.807, 2.05) is 0 Å². The Hall–Kier alpha value is -3.67. The van der Waals surface area contributed by atoms with Crippen molar-refractivity contribution in [2.45, 2.75) is 361 Å². The van der Waals surface area contributed by atoms with Gasteiger partial charge in [-0.2, -0.15) is 0 Å². The number of esters is 3. The highest BCUT2D eigenvalue weighted by atomic mass is 16.6. The second kappa shape index (κ2) is 70.8. The molecule has 0 aromatic heterocycles. The van der Waals surface area contributed by atoms with Crippen LogP contribution in [0.5, 0.6) is 0 Å². The largest absolute Gasteiger partial charge is 0.462 e. The standard InChI is InChI=1S/C77H134O6/c1-4-7-10-13-16-19-22-24-26-28-30-32-34-36-37-38-39-41-42-44-46-48-50-52-55-58-61-64-67-70-76(79)82-73-74(72-81-75(78)69-66-63-60-57-54-21-18-15-12-9-6-3)83-77(80)71-68-65-62-59-56-53-51-49-47-45-43-40-35-33-31-29-27-25-23-20-17-14-11-8-5-2/h8,11,17,20,22,24-25,27-28,30-31,33-34,36,40,43,74H,4-7,9-10,12-16,18-19,21,23,26,29,32,35,37-39,41-42,44-73H2,1-3H3/b11-8-,20-17-,24-22-,27-25-,30-28-,33-31-,36-34-,43-40-. The van der Waals surface area contributed by atoms with Crippen LogP contribution in [0.25, 0.3) is 0 Å². The van der Waals surface area contributed by atoms with Gasteiger partial charge in [0.2, 0.25) is 0 Å². The lowest BCUT2D eigenvalue weighted by Gasteiger charge is -2.18. The first kappa shape index (κ1) is 79.3. The van der Waals surface area contributed by atoms with E-state index >= 15 is 0 Å². The highest BCUT2D eigenvalue weighted by molar-refractivity contribution is 5.71. The maximum Gasteiger partial charge on any atom is 0.306 e. The predicted molar refractivity (Wildman–Crippen MR) is 362 cm³/mol. The van der Waals surface area contributed by atoms with E-state index in [1.165, 1.54) is 205 Å². The summed E-state index contributed by atoms with van der Waals surface area (Å²) < 4.78 is 17.0. The molecule has 83 heavy (non-hydrogen) atoms. The zero-order chi connectivity index (χ0) is 59.9. The maximum atomic E-state index is 12.9. The van der Waals surface area contributed by atoms with Crippen molar-refractivity contribution < 1.29 is 28.6 Å². The number of ether oxygens (including phenoxy) is 3. The van der Waals surface area contributed by atoms with Crippen LogP contribution in [-0.4, -0.2) is 37.2 Å². The molecule has 0 fully saturated rings. The molecule has 0 amide bonds. The average molecular weight is 1160 g/mol. The topological polar surface area (TPSA) is 78.9 Å². The number of allylic oxidation sites excluding steroid dienone is 16. The molecule has 0 heterocycles. The zero-order valence-electron chi connectivity index (χ0n) is 54.9. The van der Waals surface area contributed by atoms with E-state index in [-0.39, 0.29) is 31.1 Å². The quantitative estimate of drug-likeness (QED) is 0.0261. The molecule has 6 heteroatoms. The monoisotopic (exact) mass is 1160 g/mol. The number of carbonyl (C=O) groups is 3. The van der Waals surface area contributed by atoms with Gasteiger partial charge in [-0.3, -0.25) is 14.4 Å². The summed E-state index contributed by atoms with van der Waals surface area (Å²) in [6.07, 6.45) is 95.8. The molecule has 478 valence electrons. The minimum absolute atomic E-state index is 0.0764. The Bertz CT molecular complexity index is 1610. The lowest BCUT2D eigenvalue weighted by atomic mass is 10.0. The lowest BCUT2D eigenvalue weighted by Crippen LogP contribution is -2.30. The number of carbonyl (C=O) groups excluding carboxylic acids is 3. The first-order valence-corrected chi connectivity index (χ1v) is 35.7. The van der Waals surface area contributed by atoms with Crippen molar-refractivity contribution >= 4 is 17.9 Å². The van der Waals surface area contributed by atoms with E-state index in [4.69, 9.17) is 14.2 Å². The van der Waals surface area contributed by atoms with Gasteiger partial charge in [-0.05, 0) is 103 Å². The Balaban J connectivity index is 4.22. The van der Waals surface area contributed by atoms with E-state index in [0.717, 1.165) is 109 Å². The van der Waals surface area contributed by atoms with Crippen LogP contribution in [0.2, 0.25) is 0 Å². The van der Waals surface area contributed by atoms with Crippen molar-refractivity contribution in [2.75, 3.05) is 13.2 Å². The normalized spacial score (nSPS) is 12.7. The van der Waals surface area contributed by atoms with Gasteiger partial charge in [0.15, 0.2) is 6.10 Å². The fourth-order valence-electron chi connectivity index (χ4n) is 10.2. The fourth-order valence-corrected chi connectivity index (χ4v) is 10.2. The third-order valence-electron chi connectivity index (χ3n) is 15.6. The van der Waals surface area contributed by atoms with Gasteiger partial charge in [0.25, 0.3) is 0 Å². The SMILES string of the molecule is CC/C=C\C/C=C\C/C=C\C/C=C\C/C=C\CCCCCCCCCCCC(=O)OC(COC(=O)CCCCCCCCCCCCC)COC(=O)CCCCCCCCCCCCCCCC/C=C\C/C=C\C/C=C\CCCCCCC. The first-order chi connectivity index (χ1) is 41.0. The van der Waals surface area contributed by atoms with E-state index in [1.54, 1.807) is 0 Å². The third-order valence-corrected chi connectivity index (χ3v) is 15.6. The molecular formula is C77H134O6. The summed E-state index contributed by atoms with van der Waals surface area (Å²) in [5.74, 6) is -0.868. The maximum absolute atomic E-state index is 12.9. The van der Waals surface area contributed by atoms with Crippen LogP contribution in [0.4, 0.5) is 0 Å². The van der Waals surface area contributed by atoms with E-state index in [9.17, 15) is 14.4 Å². The molecule has 1 unspecified atom stereocenters. The average Bonchev–Trinajstić information content (AvgIpc) is 3.48. The van der Waals surface area contributed by atoms with Gasteiger partial charge in [0.05, 0.1) is 0 Å². The van der Waals surface area contributed by atoms with Gasteiger partial charge in [0, 0.05) is 19.3 Å². The number of hydrogen-bond donors (Lipinski definition) is 0. The summed E-state index contributed by atoms with van der Waals surface area (Å²) in [6.45, 7) is 6.54. The Morgan fingerprint density at radius 2 is 0.470 bits per heavy atom. The molecule has 0 rings (SSSR count). The molecule has 0 spiro atoms. The molecule has 6 nitrogen and oxygen atoms in total. The van der Waals surface area contributed by atoms with Gasteiger partial charge in [-0.25, -0.2) is 0 Å². The second-order valence-electron chi connectivity index (χ2n) is 23.8. The van der Waals surface area contributed by atoms with Gasteiger partial charge in [0.1, 0.15) is 13.2 Å². The smallest absolute Gasteiger partial charge is 0.306 e. The molecule has 0 N–H and O–H groups in total. The Morgan fingerprint density at radius 1 is 0.253 bits per heavy atom. The molecule has 0 saturated heterocycles. The minimum atomic E-state index is -0.781. The van der Waals surface area contributed by atoms with E-state index in [0.29, 0.717) is 19.3 Å². The van der Waals surface area contributed by atoms with E-state index in [2.05, 4.69) is 118 Å². The highest BCUT2D eigenvalue weighted by Crippen LogP contribution is 2.17. The molecule has 0 saturated carbocycles. The third kappa shape index (κ3) is 69.0. The molecule has 0 radical (unpaired) electrons. The molecule has 0 bridgehead atoms. The van der Waals surface area contributed by atoms with Crippen LogP contribution in [0.1, 0.15) is 355 Å². The van der Waals surface area contributed by atoms with Crippen molar-refractivity contribution in [3.63, 3.8) is 0 Å². The minimum Gasteiger partial charge on any atom is -0.462 e. The molecule has 0 aliphatic carbocycles. The summed E-state index contributed by atoms with van der Waals surface area (Å²) in [5.41, 5.74) is 0. The lowest BCUT2D eigenvalue weighted by molar-refractivity contribution is -0.167. The molecule has 0 aliphatic rings. The van der Waals surface area contributed by atoms with E-state index < -0.39 is 6.10 Å². The fraction of sp³-hybridized carbons (Fsp3) is 0.753. The Kier molecular flexibility index (Phi) is 67.7. The number of unbranched alkanes of at least 4 members (excludes halogenated alkanes) is 38. The molecule has 0 aromatic carbocycles. The van der Waals surface area contributed by atoms with Crippen LogP contribution in [0, 0.1) is 0 Å². The summed E-state index contributed by atoms with van der Waals surface area (Å²) in [6, 6.07) is 0. The van der Waals surface area contributed by atoms with Crippen molar-refractivity contribution in [3.8, 4) is 0 Å². The van der Waals surface area contributed by atoms with Gasteiger partial charge >= 0.3 is 17.9 Å². The van der Waals surface area contributed by atoms with Crippen molar-refractivity contribution in [1.29, 1.82) is 0 Å². The molecule has 0 aliphatic heterocycles. The summed E-state index contributed by atoms with van der Waals surface area (Å²) >= 11 is 0.